The number of ether oxygens (including phenoxy) is 1. The van der Waals surface area contributed by atoms with E-state index >= 15 is 0 Å². The van der Waals surface area contributed by atoms with Gasteiger partial charge in [0.15, 0.2) is 5.58 Å². The Morgan fingerprint density at radius 2 is 2.25 bits per heavy atom. The zero-order valence-electron chi connectivity index (χ0n) is 12.9. The number of aryl methyl sites for hydroxylation is 1. The molecule has 0 spiro atoms. The first kappa shape index (κ1) is 16.3. The summed E-state index contributed by atoms with van der Waals surface area (Å²) >= 11 is 6.30. The summed E-state index contributed by atoms with van der Waals surface area (Å²) in [5.41, 5.74) is 1.86. The molecule has 24 heavy (non-hydrogen) atoms. The van der Waals surface area contributed by atoms with Crippen molar-refractivity contribution in [3.05, 3.63) is 52.9 Å². The Labute approximate surface area is 143 Å². The summed E-state index contributed by atoms with van der Waals surface area (Å²) in [5.74, 6) is -0.426. The summed E-state index contributed by atoms with van der Waals surface area (Å²) in [7, 11) is 0. The molecule has 7 heteroatoms. The molecule has 0 aliphatic carbocycles. The van der Waals surface area contributed by atoms with Crippen molar-refractivity contribution in [2.45, 2.75) is 25.9 Å². The van der Waals surface area contributed by atoms with Crippen LogP contribution >= 0.6 is 11.6 Å². The highest BCUT2D eigenvalue weighted by Gasteiger charge is 2.16. The van der Waals surface area contributed by atoms with Crippen molar-refractivity contribution in [2.24, 2.45) is 0 Å². The van der Waals surface area contributed by atoms with E-state index in [2.05, 4.69) is 10.1 Å². The molecule has 0 aliphatic heterocycles. The van der Waals surface area contributed by atoms with Crippen LogP contribution in [0.3, 0.4) is 0 Å². The van der Waals surface area contributed by atoms with E-state index in [0.29, 0.717) is 27.4 Å². The maximum absolute atomic E-state index is 10.7. The molecule has 0 amide bonds. The first-order valence-corrected chi connectivity index (χ1v) is 7.79. The second-order valence-corrected chi connectivity index (χ2v) is 5.72. The third-order valence-electron chi connectivity index (χ3n) is 3.58. The molecule has 6 nitrogen and oxygen atoms in total. The van der Waals surface area contributed by atoms with Gasteiger partial charge in [0.25, 0.3) is 0 Å². The van der Waals surface area contributed by atoms with E-state index in [1.807, 2.05) is 25.1 Å². The van der Waals surface area contributed by atoms with E-state index in [9.17, 15) is 4.79 Å². The number of hydrogen-bond donors (Lipinski definition) is 1. The van der Waals surface area contributed by atoms with Gasteiger partial charge < -0.3 is 14.4 Å². The molecule has 1 N–H and O–H groups in total. The van der Waals surface area contributed by atoms with Crippen LogP contribution in [0.25, 0.3) is 11.0 Å². The van der Waals surface area contributed by atoms with Crippen molar-refractivity contribution >= 4 is 28.5 Å². The molecule has 0 aliphatic rings. The predicted molar refractivity (Wildman–Crippen MR) is 88.3 cm³/mol. The van der Waals surface area contributed by atoms with Gasteiger partial charge in [0, 0.05) is 24.1 Å². The topological polar surface area (TPSA) is 85.5 Å². The minimum atomic E-state index is -0.888. The number of aromatic nitrogens is 2. The number of benzene rings is 1. The van der Waals surface area contributed by atoms with Gasteiger partial charge in [-0.2, -0.15) is 0 Å². The Balaban J connectivity index is 1.85. The van der Waals surface area contributed by atoms with Crippen molar-refractivity contribution in [2.75, 3.05) is 0 Å². The van der Waals surface area contributed by atoms with Gasteiger partial charge in [0.1, 0.15) is 11.9 Å². The molecular weight excluding hydrogens is 332 g/mol. The molecule has 0 bridgehead atoms. The molecule has 2 aromatic heterocycles. The molecule has 3 aromatic rings. The van der Waals surface area contributed by atoms with Gasteiger partial charge in [-0.25, -0.2) is 0 Å². The number of pyridine rings is 1. The normalized spacial score (nSPS) is 12.2. The third kappa shape index (κ3) is 3.49. The fourth-order valence-corrected chi connectivity index (χ4v) is 2.56. The lowest BCUT2D eigenvalue weighted by Gasteiger charge is -2.15. The van der Waals surface area contributed by atoms with Crippen molar-refractivity contribution in [1.29, 1.82) is 0 Å². The Bertz CT molecular complexity index is 864. The fraction of sp³-hybridized carbons (Fsp3) is 0.235. The zero-order valence-corrected chi connectivity index (χ0v) is 13.7. The maximum Gasteiger partial charge on any atom is 0.303 e. The van der Waals surface area contributed by atoms with Gasteiger partial charge in [-0.15, -0.1) is 0 Å². The van der Waals surface area contributed by atoms with Crippen LogP contribution < -0.4 is 4.74 Å². The molecule has 0 saturated heterocycles. The highest BCUT2D eigenvalue weighted by atomic mass is 35.5. The lowest BCUT2D eigenvalue weighted by Crippen LogP contribution is -2.05. The maximum atomic E-state index is 10.7. The summed E-state index contributed by atoms with van der Waals surface area (Å²) in [6.45, 7) is 1.88. The van der Waals surface area contributed by atoms with E-state index in [1.165, 1.54) is 0 Å². The average molecular weight is 347 g/mol. The van der Waals surface area contributed by atoms with Crippen LogP contribution in [-0.2, 0) is 11.2 Å². The van der Waals surface area contributed by atoms with E-state index in [1.54, 1.807) is 18.3 Å². The van der Waals surface area contributed by atoms with Crippen LogP contribution in [0.15, 0.2) is 41.1 Å². The van der Waals surface area contributed by atoms with E-state index < -0.39 is 5.97 Å². The average Bonchev–Trinajstić information content (AvgIpc) is 2.96. The SMILES string of the molecule is CC(Oc1cc2onc(CCC(=O)O)c2cc1Cl)c1ccccn1. The number of carboxylic acids is 1. The summed E-state index contributed by atoms with van der Waals surface area (Å²) < 4.78 is 11.1. The van der Waals surface area contributed by atoms with Crippen LogP contribution in [0.1, 0.15) is 30.8 Å². The molecule has 2 heterocycles. The Kier molecular flexibility index (Phi) is 4.66. The van der Waals surface area contributed by atoms with Gasteiger partial charge in [-0.3, -0.25) is 9.78 Å². The predicted octanol–water partition coefficient (Wildman–Crippen LogP) is 4.03. The summed E-state index contributed by atoms with van der Waals surface area (Å²) in [6, 6.07) is 8.94. The molecule has 1 unspecified atom stereocenters. The lowest BCUT2D eigenvalue weighted by atomic mass is 10.1. The number of nitrogens with zero attached hydrogens (tertiary/aromatic N) is 2. The smallest absolute Gasteiger partial charge is 0.303 e. The lowest BCUT2D eigenvalue weighted by molar-refractivity contribution is -0.136. The van der Waals surface area contributed by atoms with Crippen LogP contribution in [0.2, 0.25) is 5.02 Å². The van der Waals surface area contributed by atoms with Gasteiger partial charge in [-0.05, 0) is 25.1 Å². The van der Waals surface area contributed by atoms with Crippen molar-refractivity contribution < 1.29 is 19.2 Å². The van der Waals surface area contributed by atoms with Crippen LogP contribution in [0.5, 0.6) is 5.75 Å². The summed E-state index contributed by atoms with van der Waals surface area (Å²) in [5, 5.41) is 13.8. The second-order valence-electron chi connectivity index (χ2n) is 5.32. The second kappa shape index (κ2) is 6.88. The van der Waals surface area contributed by atoms with Crippen LogP contribution in [-0.4, -0.2) is 21.2 Å². The number of aliphatic carboxylic acids is 1. The largest absolute Gasteiger partial charge is 0.483 e. The molecule has 0 saturated carbocycles. The number of carbonyl (C=O) groups is 1. The summed E-state index contributed by atoms with van der Waals surface area (Å²) in [4.78, 5) is 14.9. The molecule has 3 rings (SSSR count). The standard InChI is InChI=1S/C17H15ClN2O4/c1-10(13-4-2-3-7-19-13)23-16-9-15-11(8-12(16)18)14(20-24-15)5-6-17(21)22/h2-4,7-10H,5-6H2,1H3,(H,21,22). The number of rotatable bonds is 6. The molecular formula is C17H15ClN2O4. The minimum Gasteiger partial charge on any atom is -0.483 e. The van der Waals surface area contributed by atoms with Gasteiger partial charge in [0.2, 0.25) is 0 Å². The highest BCUT2D eigenvalue weighted by Crippen LogP contribution is 2.34. The monoisotopic (exact) mass is 346 g/mol. The first-order chi connectivity index (χ1) is 11.5. The quantitative estimate of drug-likeness (QED) is 0.725. The molecule has 1 aromatic carbocycles. The first-order valence-electron chi connectivity index (χ1n) is 7.42. The van der Waals surface area contributed by atoms with E-state index in [4.69, 9.17) is 26.0 Å². The van der Waals surface area contributed by atoms with Crippen LogP contribution in [0.4, 0.5) is 0 Å². The van der Waals surface area contributed by atoms with Crippen LogP contribution in [0, 0.1) is 0 Å². The van der Waals surface area contributed by atoms with Gasteiger partial charge >= 0.3 is 5.97 Å². The van der Waals surface area contributed by atoms with E-state index in [0.717, 1.165) is 5.69 Å². The van der Waals surface area contributed by atoms with E-state index in [-0.39, 0.29) is 18.9 Å². The summed E-state index contributed by atoms with van der Waals surface area (Å²) in [6.07, 6.45) is 1.68. The third-order valence-corrected chi connectivity index (χ3v) is 3.88. The number of hydrogen-bond acceptors (Lipinski definition) is 5. The molecule has 1 atom stereocenters. The number of carboxylic acid groups (broad SMARTS) is 1. The highest BCUT2D eigenvalue weighted by molar-refractivity contribution is 6.32. The van der Waals surface area contributed by atoms with Gasteiger partial charge in [-0.1, -0.05) is 22.8 Å². The van der Waals surface area contributed by atoms with Crippen molar-refractivity contribution in [1.82, 2.24) is 10.1 Å². The number of halogens is 1. The molecule has 0 fully saturated rings. The Morgan fingerprint density at radius 1 is 1.42 bits per heavy atom. The fourth-order valence-electron chi connectivity index (χ4n) is 2.35. The van der Waals surface area contributed by atoms with Crippen molar-refractivity contribution in [3.63, 3.8) is 0 Å². The Morgan fingerprint density at radius 3 is 2.96 bits per heavy atom. The molecule has 124 valence electrons. The zero-order chi connectivity index (χ0) is 17.1. The molecule has 0 radical (unpaired) electrons. The Hall–Kier alpha value is -2.60. The van der Waals surface area contributed by atoms with Crippen molar-refractivity contribution in [3.8, 4) is 5.75 Å². The number of fused-ring (bicyclic) bond motifs is 1. The van der Waals surface area contributed by atoms with Gasteiger partial charge in [0.05, 0.1) is 22.8 Å². The minimum absolute atomic E-state index is 0.0196.